The number of methoxy groups -OCH3 is 2. The highest BCUT2D eigenvalue weighted by Gasteiger charge is 2.32. The first-order valence-electron chi connectivity index (χ1n) is 42.6. The third kappa shape index (κ3) is 36.0. The van der Waals surface area contributed by atoms with Gasteiger partial charge in [-0.1, -0.05) is 193 Å². The summed E-state index contributed by atoms with van der Waals surface area (Å²) >= 11 is 16.7. The standard InChI is InChI=1S/C16H14O5S.C15H16OS.C14H10O3S.C12H15OS.C12H10S2.C9H12O3S.C8H10ClS.2C6HF5O3S.C6H6S/c1-20-15-11-5-3-4-6-12(11)16(21-2)14-9-10(22(17,18)19)7-8-13(14)15;1-3-16-13-6-10-15(11-7-13)17-14-8-4-12(2)5-9-14;15-16-17-18-14-7-3-6-12-8-10-4-1-2-5-11(10)9-13(12)14;13-12(10-14-8-4-5-9-14)11-6-2-1-3-7-11;13-10-6-8-12(9-7-10)14-11-4-2-1-3-5-11;1-6-4-7(2)9(8(3)5-6)13(10,11)12;1-10(7-9)8-5-3-2-4-6-8;2*7-1-2(8)4(10)6(15(12,13)14)5(11)3(1)9;7-6-4-2-1-3-5-6/h3-9H,1-2H3,(H,17,18,19);4-11H,3H2,1-2H3;1-9,15H;1-3,6-7H,4-5,8-10H2;1-9,13H;4-5H,1-3H3,(H,10,11,12);2-6H,7H2,1H3;2*(H,12,13,14);1-5,7H/q;;;+1;;;+1;;;/p-2. The molecule has 766 valence electrons. The Bertz CT molecular complexity index is 7350. The van der Waals surface area contributed by atoms with Crippen LogP contribution in [0.4, 0.5) is 43.9 Å². The third-order valence-electron chi connectivity index (χ3n) is 20.1. The lowest BCUT2D eigenvalue weighted by Gasteiger charge is -2.16. The molecule has 0 N–H and O–H groups in total. The number of ether oxygens (including phenoxy) is 3. The second-order valence-corrected chi connectivity index (χ2v) is 45.1. The maximum absolute atomic E-state index is 12.6. The maximum Gasteiger partial charge on any atom is 0.211 e. The number of carbonyl (C=O) groups is 1. The smallest absolute Gasteiger partial charge is 0.211 e. The summed E-state index contributed by atoms with van der Waals surface area (Å²) in [7, 11) is -16.7. The molecule has 1 saturated heterocycles. The summed E-state index contributed by atoms with van der Waals surface area (Å²) in [6, 6.07) is 98.8. The molecule has 16 aromatic rings. The number of Topliss-reactive ketones (excluding diaryl/α,β-unsaturated/α-hetero) is 1. The summed E-state index contributed by atoms with van der Waals surface area (Å²) in [4.78, 5) is 16.2. The van der Waals surface area contributed by atoms with E-state index in [9.17, 15) is 106 Å². The number of benzene rings is 16. The summed E-state index contributed by atoms with van der Waals surface area (Å²) in [5.41, 5.74) is 4.19. The molecule has 1 heterocycles. The van der Waals surface area contributed by atoms with E-state index in [2.05, 4.69) is 157 Å². The molecule has 1 atom stereocenters. The van der Waals surface area contributed by atoms with Gasteiger partial charge in [0, 0.05) is 71.3 Å². The number of rotatable bonds is 20. The molecule has 1 aliphatic rings. The van der Waals surface area contributed by atoms with Gasteiger partial charge >= 0.3 is 0 Å². The van der Waals surface area contributed by atoms with Crippen LogP contribution in [0.2, 0.25) is 0 Å². The lowest BCUT2D eigenvalue weighted by Crippen LogP contribution is -2.17. The molecule has 41 heteroatoms. The van der Waals surface area contributed by atoms with Gasteiger partial charge in [-0.05, 0) is 237 Å². The molecule has 0 radical (unpaired) electrons. The highest BCUT2D eigenvalue weighted by molar-refractivity contribution is 7.98. The Labute approximate surface area is 868 Å². The van der Waals surface area contributed by atoms with Gasteiger partial charge in [0.05, 0.1) is 42.7 Å². The van der Waals surface area contributed by atoms with E-state index in [1.165, 1.54) is 103 Å². The molecule has 1 aliphatic heterocycles. The Morgan fingerprint density at radius 3 is 1.26 bits per heavy atom. The molecule has 0 bridgehead atoms. The van der Waals surface area contributed by atoms with E-state index in [1.54, 1.807) is 39.2 Å². The van der Waals surface area contributed by atoms with Crippen LogP contribution in [0.25, 0.3) is 43.1 Å². The molecule has 17 rings (SSSR count). The second-order valence-electron chi connectivity index (χ2n) is 30.5. The summed E-state index contributed by atoms with van der Waals surface area (Å²) in [5.74, 6) is -19.9. The number of ketones is 1. The Balaban J connectivity index is 0.000000199. The second kappa shape index (κ2) is 57.5. The van der Waals surface area contributed by atoms with Gasteiger partial charge in [0.25, 0.3) is 0 Å². The zero-order valence-corrected chi connectivity index (χ0v) is 88.1. The molecule has 0 aromatic heterocycles. The van der Waals surface area contributed by atoms with Crippen molar-refractivity contribution < 1.29 is 129 Å². The molecule has 16 aromatic carbocycles. The number of thiol groups is 3. The Morgan fingerprint density at radius 1 is 0.434 bits per heavy atom. The molecule has 0 amide bonds. The van der Waals surface area contributed by atoms with Crippen molar-refractivity contribution in [1.82, 2.24) is 0 Å². The Hall–Kier alpha value is -10.8. The number of carbonyl (C=O) groups excluding carboxylic acids is 1. The lowest BCUT2D eigenvalue weighted by molar-refractivity contribution is -0.777. The van der Waals surface area contributed by atoms with Gasteiger partial charge in [-0.15, -0.1) is 12.6 Å². The molecule has 1 fully saturated rings. The molecule has 145 heavy (non-hydrogen) atoms. The maximum atomic E-state index is 12.6. The van der Waals surface area contributed by atoms with Crippen LogP contribution in [0.3, 0.4) is 0 Å². The number of hydrogen-bond donors (Lipinski definition) is 1. The number of halogens is 11. The van der Waals surface area contributed by atoms with Crippen LogP contribution in [0.15, 0.2) is 362 Å². The van der Waals surface area contributed by atoms with E-state index >= 15 is 0 Å². The minimum Gasteiger partial charge on any atom is -0.744 e. The topological polar surface area (TPSA) is 315 Å². The minimum absolute atomic E-state index is 0.0851. The van der Waals surface area contributed by atoms with Crippen molar-refractivity contribution in [2.75, 3.05) is 49.6 Å². The zero-order chi connectivity index (χ0) is 107. The average molecular weight is 2230 g/mol. The zero-order valence-electron chi connectivity index (χ0n) is 77.9. The Kier molecular flexibility index (Phi) is 47.4. The van der Waals surface area contributed by atoms with Gasteiger partial charge in [0.1, 0.15) is 90.2 Å². The van der Waals surface area contributed by atoms with Crippen molar-refractivity contribution in [3.8, 4) is 17.2 Å². The predicted octanol–water partition coefficient (Wildman–Crippen LogP) is 22.9. The number of alkyl halides is 1. The largest absolute Gasteiger partial charge is 0.744 e. The molecular weight excluding hydrogens is 2130 g/mol. The van der Waals surface area contributed by atoms with Crippen molar-refractivity contribution in [3.05, 3.63) is 389 Å². The van der Waals surface area contributed by atoms with E-state index < -0.39 is 108 Å². The summed E-state index contributed by atoms with van der Waals surface area (Å²) in [6.45, 7) is 9.95. The van der Waals surface area contributed by atoms with Crippen LogP contribution in [0.5, 0.6) is 17.2 Å². The first-order chi connectivity index (χ1) is 68.7. The van der Waals surface area contributed by atoms with Crippen LogP contribution in [-0.4, -0.2) is 107 Å². The number of fused-ring (bicyclic) bond motifs is 4. The molecule has 0 saturated carbocycles. The fraction of sp³-hybridized carbons (Fsp3) is 0.144. The predicted molar refractivity (Wildman–Crippen MR) is 554 cm³/mol. The van der Waals surface area contributed by atoms with Crippen molar-refractivity contribution in [2.45, 2.75) is 106 Å². The number of hydrogen-bond acceptors (Lipinski definition) is 21. The van der Waals surface area contributed by atoms with E-state index in [0.717, 1.165) is 88.1 Å². The van der Waals surface area contributed by atoms with Crippen molar-refractivity contribution in [2.24, 2.45) is 0 Å². The fourth-order valence-corrected chi connectivity index (χ4v) is 22.2. The van der Waals surface area contributed by atoms with Crippen LogP contribution < -0.4 is 19.5 Å². The lowest BCUT2D eigenvalue weighted by atomic mass is 10.0. The van der Waals surface area contributed by atoms with Gasteiger partial charge < -0.3 is 37.7 Å². The van der Waals surface area contributed by atoms with Crippen molar-refractivity contribution >= 4 is 184 Å². The number of aryl methyl sites for hydroxylation is 4. The van der Waals surface area contributed by atoms with Crippen LogP contribution >= 0.6 is 36.3 Å². The molecule has 0 spiro atoms. The highest BCUT2D eigenvalue weighted by Crippen LogP contribution is 2.44. The van der Waals surface area contributed by atoms with Crippen molar-refractivity contribution in [3.63, 3.8) is 0 Å². The fourth-order valence-electron chi connectivity index (χ4n) is 13.5. The highest BCUT2D eigenvalue weighted by atomic mass is 35.5. The third-order valence-corrected chi connectivity index (χ3v) is 32.1. The summed E-state index contributed by atoms with van der Waals surface area (Å²) in [6.07, 6.45) is 4.80. The monoisotopic (exact) mass is 2220 g/mol. The van der Waals surface area contributed by atoms with E-state index in [4.69, 9.17) is 25.8 Å². The first-order valence-corrected chi connectivity index (χ1v) is 55.8. The van der Waals surface area contributed by atoms with Crippen LogP contribution in [0, 0.1) is 85.9 Å². The van der Waals surface area contributed by atoms with Gasteiger partial charge in [0.2, 0.25) is 17.4 Å². The van der Waals surface area contributed by atoms with Crippen LogP contribution in [-0.2, 0) is 108 Å². The SMILES string of the molecule is CCOc1ccc([SH+]c2ccc(C)cc2)cc1.COc1c2ccccc2c(OC)c2cc(S(=O)(=O)[O-])ccc12.C[S+](CCl)c1ccccc1.Cc1cc(C)c(S(=O)(=O)[O-])c(C)c1.O=C(C[S+]1CCCC1)c1ccccc1.O=S(=O)([O-])c1c(F)c(F)c(F)c(F)c1F.O=S(=O)([O-])c1c(F)c(F)c(F)c(F)c1F.Sc1ccc([SH+]c2ccccc2)cc1.[O-]OOSc1cccc2cc3ccccc3cc12.[SH2+]c1ccccc1. The minimum atomic E-state index is -5.77. The van der Waals surface area contributed by atoms with E-state index in [1.807, 2.05) is 178 Å². The summed E-state index contributed by atoms with van der Waals surface area (Å²) < 4.78 is 273. The van der Waals surface area contributed by atoms with Gasteiger partial charge in [0.15, 0.2) is 82.0 Å². The average Bonchev–Trinajstić information content (AvgIpc) is 0.771. The molecule has 0 aliphatic carbocycles. The normalized spacial score (nSPS) is 11.8. The van der Waals surface area contributed by atoms with Gasteiger partial charge in [-0.2, -0.15) is 4.33 Å². The van der Waals surface area contributed by atoms with Gasteiger partial charge in [-0.25, -0.2) is 77.6 Å². The van der Waals surface area contributed by atoms with Crippen molar-refractivity contribution in [1.29, 1.82) is 0 Å². The first kappa shape index (κ1) is 119. The van der Waals surface area contributed by atoms with Crippen LogP contribution in [0.1, 0.15) is 52.4 Å². The molecular formula is C104H93ClF10O19S11. The quantitative estimate of drug-likeness (QED) is 0.00602. The summed E-state index contributed by atoms with van der Waals surface area (Å²) in [5, 5.41) is 21.4. The van der Waals surface area contributed by atoms with E-state index in [-0.39, 0.29) is 20.7 Å². The molecule has 19 nitrogen and oxygen atoms in total. The molecule has 1 unspecified atom stereocenters. The van der Waals surface area contributed by atoms with E-state index in [0.29, 0.717) is 50.1 Å². The Morgan fingerprint density at radius 2 is 0.828 bits per heavy atom. The van der Waals surface area contributed by atoms with Gasteiger partial charge in [-0.3, -0.25) is 9.83 Å².